The van der Waals surface area contributed by atoms with E-state index in [-0.39, 0.29) is 11.6 Å². The maximum Gasteiger partial charge on any atom is 0.334 e. The van der Waals surface area contributed by atoms with Crippen LogP contribution in [-0.2, 0) is 0 Å². The summed E-state index contributed by atoms with van der Waals surface area (Å²) in [7, 11) is 1.81. The van der Waals surface area contributed by atoms with E-state index in [0.29, 0.717) is 11.3 Å². The average molecular weight is 259 g/mol. The minimum atomic E-state index is -0.486. The second-order valence-corrected chi connectivity index (χ2v) is 3.92. The highest BCUT2D eigenvalue weighted by atomic mass is 16.6. The Morgan fingerprint density at radius 2 is 1.95 bits per heavy atom. The van der Waals surface area contributed by atoms with E-state index in [1.54, 1.807) is 25.1 Å². The van der Waals surface area contributed by atoms with E-state index in [1.807, 2.05) is 19.2 Å². The summed E-state index contributed by atoms with van der Waals surface area (Å²) in [5.41, 5.74) is 1.33. The molecule has 98 valence electrons. The molecule has 0 amide bonds. The quantitative estimate of drug-likeness (QED) is 0.674. The number of pyridine rings is 1. The van der Waals surface area contributed by atoms with Crippen molar-refractivity contribution in [1.82, 2.24) is 4.98 Å². The summed E-state index contributed by atoms with van der Waals surface area (Å²) >= 11 is 0. The van der Waals surface area contributed by atoms with Crippen LogP contribution in [0.3, 0.4) is 0 Å². The summed E-state index contributed by atoms with van der Waals surface area (Å²) in [4.78, 5) is 14.4. The maximum atomic E-state index is 11.0. The zero-order chi connectivity index (χ0) is 13.8. The molecule has 2 aromatic rings. The Kier molecular flexibility index (Phi) is 3.61. The van der Waals surface area contributed by atoms with Crippen molar-refractivity contribution >= 4 is 11.4 Å². The molecule has 1 aromatic carbocycles. The van der Waals surface area contributed by atoms with Crippen LogP contribution in [-0.4, -0.2) is 17.0 Å². The Morgan fingerprint density at radius 1 is 1.26 bits per heavy atom. The summed E-state index contributed by atoms with van der Waals surface area (Å²) in [5, 5.41) is 14.0. The number of nitro groups is 1. The Balaban J connectivity index is 2.32. The molecule has 0 aliphatic carbocycles. The lowest BCUT2D eigenvalue weighted by Crippen LogP contribution is -1.98. The van der Waals surface area contributed by atoms with Gasteiger partial charge in [0, 0.05) is 24.5 Å². The Bertz CT molecular complexity index is 597. The average Bonchev–Trinajstić information content (AvgIpc) is 2.39. The lowest BCUT2D eigenvalue weighted by Gasteiger charge is -2.07. The SMILES string of the molecule is CNc1ccc(Oc2nccc(C)c2[N+](=O)[O-])cc1. The molecular formula is C13H13N3O3. The van der Waals surface area contributed by atoms with E-state index in [1.165, 1.54) is 6.20 Å². The highest BCUT2D eigenvalue weighted by molar-refractivity contribution is 5.51. The Hall–Kier alpha value is -2.63. The molecule has 0 saturated heterocycles. The summed E-state index contributed by atoms with van der Waals surface area (Å²) in [6.07, 6.45) is 1.49. The van der Waals surface area contributed by atoms with Gasteiger partial charge in [0.15, 0.2) is 0 Å². The van der Waals surface area contributed by atoms with Crippen LogP contribution >= 0.6 is 0 Å². The molecule has 6 nitrogen and oxygen atoms in total. The zero-order valence-electron chi connectivity index (χ0n) is 10.6. The van der Waals surface area contributed by atoms with Crippen molar-refractivity contribution in [3.05, 3.63) is 52.2 Å². The molecule has 0 spiro atoms. The summed E-state index contributed by atoms with van der Waals surface area (Å²) in [6.45, 7) is 1.65. The molecule has 0 atom stereocenters. The van der Waals surface area contributed by atoms with Crippen molar-refractivity contribution in [1.29, 1.82) is 0 Å². The fraction of sp³-hybridized carbons (Fsp3) is 0.154. The van der Waals surface area contributed by atoms with Crippen LogP contribution in [0.5, 0.6) is 11.6 Å². The van der Waals surface area contributed by atoms with Gasteiger partial charge in [-0.3, -0.25) is 10.1 Å². The van der Waals surface area contributed by atoms with Gasteiger partial charge < -0.3 is 10.1 Å². The predicted molar refractivity (Wildman–Crippen MR) is 71.7 cm³/mol. The van der Waals surface area contributed by atoms with E-state index in [4.69, 9.17) is 4.74 Å². The minimum absolute atomic E-state index is 0.00204. The molecule has 1 heterocycles. The normalized spacial score (nSPS) is 10.0. The molecule has 2 rings (SSSR count). The van der Waals surface area contributed by atoms with Crippen LogP contribution in [0.1, 0.15) is 5.56 Å². The number of benzene rings is 1. The second kappa shape index (κ2) is 5.34. The van der Waals surface area contributed by atoms with Crippen molar-refractivity contribution in [2.24, 2.45) is 0 Å². The van der Waals surface area contributed by atoms with E-state index >= 15 is 0 Å². The van der Waals surface area contributed by atoms with Crippen LogP contribution in [0.15, 0.2) is 36.5 Å². The Morgan fingerprint density at radius 3 is 2.53 bits per heavy atom. The number of hydrogen-bond acceptors (Lipinski definition) is 5. The number of anilines is 1. The third-order valence-electron chi connectivity index (χ3n) is 2.63. The van der Waals surface area contributed by atoms with Gasteiger partial charge in [0.25, 0.3) is 5.88 Å². The van der Waals surface area contributed by atoms with E-state index in [9.17, 15) is 10.1 Å². The Labute approximate surface area is 110 Å². The third-order valence-corrected chi connectivity index (χ3v) is 2.63. The summed E-state index contributed by atoms with van der Waals surface area (Å²) < 4.78 is 5.47. The van der Waals surface area contributed by atoms with Crippen molar-refractivity contribution in [2.45, 2.75) is 6.92 Å². The highest BCUT2D eigenvalue weighted by Crippen LogP contribution is 2.31. The maximum absolute atomic E-state index is 11.0. The molecule has 1 aromatic heterocycles. The number of rotatable bonds is 4. The first-order valence-corrected chi connectivity index (χ1v) is 5.67. The molecule has 0 radical (unpaired) electrons. The van der Waals surface area contributed by atoms with Gasteiger partial charge in [-0.1, -0.05) is 0 Å². The lowest BCUT2D eigenvalue weighted by atomic mass is 10.2. The summed E-state index contributed by atoms with van der Waals surface area (Å²) in [6, 6.07) is 8.65. The topological polar surface area (TPSA) is 77.3 Å². The summed E-state index contributed by atoms with van der Waals surface area (Å²) in [5.74, 6) is 0.502. The number of nitrogens with zero attached hydrogens (tertiary/aromatic N) is 2. The minimum Gasteiger partial charge on any atom is -0.434 e. The van der Waals surface area contributed by atoms with Gasteiger partial charge in [0.2, 0.25) is 0 Å². The molecule has 0 unspecified atom stereocenters. The van der Waals surface area contributed by atoms with Gasteiger partial charge >= 0.3 is 5.69 Å². The van der Waals surface area contributed by atoms with Crippen LogP contribution in [0.2, 0.25) is 0 Å². The monoisotopic (exact) mass is 259 g/mol. The van der Waals surface area contributed by atoms with E-state index in [2.05, 4.69) is 10.3 Å². The van der Waals surface area contributed by atoms with E-state index < -0.39 is 4.92 Å². The van der Waals surface area contributed by atoms with Crippen LogP contribution in [0.25, 0.3) is 0 Å². The molecule has 19 heavy (non-hydrogen) atoms. The molecule has 0 bridgehead atoms. The fourth-order valence-corrected chi connectivity index (χ4v) is 1.62. The predicted octanol–water partition coefficient (Wildman–Crippen LogP) is 3.13. The van der Waals surface area contributed by atoms with Crippen LogP contribution < -0.4 is 10.1 Å². The lowest BCUT2D eigenvalue weighted by molar-refractivity contribution is -0.386. The van der Waals surface area contributed by atoms with Gasteiger partial charge in [-0.15, -0.1) is 0 Å². The van der Waals surface area contributed by atoms with Crippen LogP contribution in [0, 0.1) is 17.0 Å². The van der Waals surface area contributed by atoms with Gasteiger partial charge in [0.05, 0.1) is 4.92 Å². The smallest absolute Gasteiger partial charge is 0.334 e. The highest BCUT2D eigenvalue weighted by Gasteiger charge is 2.20. The van der Waals surface area contributed by atoms with Crippen LogP contribution in [0.4, 0.5) is 11.4 Å². The first kappa shape index (κ1) is 12.8. The number of hydrogen-bond donors (Lipinski definition) is 1. The molecule has 0 saturated carbocycles. The number of ether oxygens (including phenoxy) is 1. The fourth-order valence-electron chi connectivity index (χ4n) is 1.62. The molecular weight excluding hydrogens is 246 g/mol. The van der Waals surface area contributed by atoms with E-state index in [0.717, 1.165) is 5.69 Å². The molecule has 6 heteroatoms. The second-order valence-electron chi connectivity index (χ2n) is 3.92. The van der Waals surface area contributed by atoms with Gasteiger partial charge in [-0.25, -0.2) is 4.98 Å². The van der Waals surface area contributed by atoms with Crippen molar-refractivity contribution < 1.29 is 9.66 Å². The van der Waals surface area contributed by atoms with Crippen molar-refractivity contribution in [3.8, 4) is 11.6 Å². The van der Waals surface area contributed by atoms with Crippen molar-refractivity contribution in [3.63, 3.8) is 0 Å². The first-order chi connectivity index (χ1) is 9.11. The molecule has 1 N–H and O–H groups in total. The number of aromatic nitrogens is 1. The van der Waals surface area contributed by atoms with Gasteiger partial charge in [0.1, 0.15) is 5.75 Å². The molecule has 0 aliphatic rings. The molecule has 0 fully saturated rings. The van der Waals surface area contributed by atoms with Gasteiger partial charge in [-0.05, 0) is 37.3 Å². The number of aryl methyl sites for hydroxylation is 1. The first-order valence-electron chi connectivity index (χ1n) is 5.67. The zero-order valence-corrected chi connectivity index (χ0v) is 10.6. The standard InChI is InChI=1S/C13H13N3O3/c1-9-7-8-15-13(12(9)16(17)18)19-11-5-3-10(14-2)4-6-11/h3-8,14H,1-2H3. The largest absolute Gasteiger partial charge is 0.434 e. The van der Waals surface area contributed by atoms with Gasteiger partial charge in [-0.2, -0.15) is 0 Å². The number of nitrogens with one attached hydrogen (secondary N) is 1. The van der Waals surface area contributed by atoms with Crippen molar-refractivity contribution in [2.75, 3.05) is 12.4 Å². The third kappa shape index (κ3) is 2.79. The molecule has 0 aliphatic heterocycles.